The van der Waals surface area contributed by atoms with E-state index in [-0.39, 0.29) is 12.1 Å². The van der Waals surface area contributed by atoms with Gasteiger partial charge >= 0.3 is 5.97 Å². The molecule has 0 radical (unpaired) electrons. The van der Waals surface area contributed by atoms with Crippen LogP contribution in [0.3, 0.4) is 0 Å². The van der Waals surface area contributed by atoms with Crippen molar-refractivity contribution in [3.63, 3.8) is 0 Å². The molecule has 1 aliphatic heterocycles. The fourth-order valence-electron chi connectivity index (χ4n) is 2.97. The van der Waals surface area contributed by atoms with Gasteiger partial charge in [-0.25, -0.2) is 0 Å². The first-order valence-corrected chi connectivity index (χ1v) is 6.83. The third-order valence-electron chi connectivity index (χ3n) is 4.33. The molecule has 0 spiro atoms. The summed E-state index contributed by atoms with van der Waals surface area (Å²) in [5.74, 6) is 0.00858. The van der Waals surface area contributed by atoms with Gasteiger partial charge in [0.2, 0.25) is 0 Å². The SMILES string of the molecule is O=C(O)C1CCC(c2cccc(C3CCC3)c2)N1. The van der Waals surface area contributed by atoms with Crippen molar-refractivity contribution in [1.82, 2.24) is 5.32 Å². The van der Waals surface area contributed by atoms with Gasteiger partial charge in [0.05, 0.1) is 0 Å². The van der Waals surface area contributed by atoms with Gasteiger partial charge in [0.25, 0.3) is 0 Å². The first kappa shape index (κ1) is 11.7. The van der Waals surface area contributed by atoms with Crippen LogP contribution in [-0.4, -0.2) is 17.1 Å². The van der Waals surface area contributed by atoms with Crippen molar-refractivity contribution < 1.29 is 9.90 Å². The van der Waals surface area contributed by atoms with Gasteiger partial charge in [-0.3, -0.25) is 10.1 Å². The molecule has 1 aliphatic carbocycles. The Bertz CT molecular complexity index is 454. The number of hydrogen-bond acceptors (Lipinski definition) is 2. The second-order valence-corrected chi connectivity index (χ2v) is 5.49. The molecule has 1 saturated heterocycles. The summed E-state index contributed by atoms with van der Waals surface area (Å²) in [6, 6.07) is 8.54. The molecule has 0 amide bonds. The van der Waals surface area contributed by atoms with E-state index in [4.69, 9.17) is 5.11 Å². The molecule has 0 aromatic heterocycles. The lowest BCUT2D eigenvalue weighted by Crippen LogP contribution is -2.31. The third-order valence-corrected chi connectivity index (χ3v) is 4.33. The molecule has 1 saturated carbocycles. The van der Waals surface area contributed by atoms with Gasteiger partial charge in [-0.2, -0.15) is 0 Å². The van der Waals surface area contributed by atoms with Gasteiger partial charge in [-0.1, -0.05) is 30.7 Å². The van der Waals surface area contributed by atoms with Crippen molar-refractivity contribution >= 4 is 5.97 Å². The van der Waals surface area contributed by atoms with E-state index in [2.05, 4.69) is 29.6 Å². The molecule has 1 heterocycles. The summed E-state index contributed by atoms with van der Waals surface area (Å²) in [4.78, 5) is 10.9. The van der Waals surface area contributed by atoms with E-state index in [1.54, 1.807) is 0 Å². The molecule has 2 N–H and O–H groups in total. The minimum Gasteiger partial charge on any atom is -0.480 e. The van der Waals surface area contributed by atoms with Crippen molar-refractivity contribution in [2.45, 2.75) is 50.1 Å². The first-order valence-electron chi connectivity index (χ1n) is 6.83. The lowest BCUT2D eigenvalue weighted by Gasteiger charge is -2.26. The van der Waals surface area contributed by atoms with E-state index in [9.17, 15) is 4.79 Å². The fraction of sp³-hybridized carbons (Fsp3) is 0.533. The average molecular weight is 245 g/mol. The molecule has 1 aromatic carbocycles. The zero-order valence-electron chi connectivity index (χ0n) is 10.4. The third kappa shape index (κ3) is 2.15. The summed E-state index contributed by atoms with van der Waals surface area (Å²) in [5, 5.41) is 12.2. The van der Waals surface area contributed by atoms with Crippen LogP contribution in [0.5, 0.6) is 0 Å². The average Bonchev–Trinajstić information content (AvgIpc) is 2.76. The number of nitrogens with one attached hydrogen (secondary N) is 1. The lowest BCUT2D eigenvalue weighted by atomic mass is 9.79. The number of aliphatic carboxylic acids is 1. The molecule has 18 heavy (non-hydrogen) atoms. The normalized spacial score (nSPS) is 28.0. The van der Waals surface area contributed by atoms with Gasteiger partial charge in [-0.15, -0.1) is 0 Å². The highest BCUT2D eigenvalue weighted by Gasteiger charge is 2.30. The Balaban J connectivity index is 1.74. The van der Waals surface area contributed by atoms with Crippen molar-refractivity contribution in [3.8, 4) is 0 Å². The molecular formula is C15H19NO2. The van der Waals surface area contributed by atoms with Crippen LogP contribution in [0.4, 0.5) is 0 Å². The Kier molecular flexibility index (Phi) is 3.08. The molecule has 3 nitrogen and oxygen atoms in total. The molecule has 2 fully saturated rings. The van der Waals surface area contributed by atoms with Crippen LogP contribution >= 0.6 is 0 Å². The highest BCUT2D eigenvalue weighted by molar-refractivity contribution is 5.73. The summed E-state index contributed by atoms with van der Waals surface area (Å²) < 4.78 is 0. The van der Waals surface area contributed by atoms with Crippen LogP contribution in [0, 0.1) is 0 Å². The number of benzene rings is 1. The quantitative estimate of drug-likeness (QED) is 0.861. The highest BCUT2D eigenvalue weighted by atomic mass is 16.4. The van der Waals surface area contributed by atoms with Crippen molar-refractivity contribution in [2.24, 2.45) is 0 Å². The predicted octanol–water partition coefficient (Wildman–Crippen LogP) is 2.83. The van der Waals surface area contributed by atoms with Crippen LogP contribution < -0.4 is 5.32 Å². The van der Waals surface area contributed by atoms with E-state index in [1.165, 1.54) is 30.4 Å². The summed E-state index contributed by atoms with van der Waals surface area (Å²) in [5.41, 5.74) is 2.68. The second-order valence-electron chi connectivity index (χ2n) is 5.49. The van der Waals surface area contributed by atoms with Crippen LogP contribution in [0.15, 0.2) is 24.3 Å². The Morgan fingerprint density at radius 2 is 1.94 bits per heavy atom. The molecule has 96 valence electrons. The molecule has 2 atom stereocenters. The van der Waals surface area contributed by atoms with Crippen LogP contribution in [0.25, 0.3) is 0 Å². The van der Waals surface area contributed by atoms with Crippen LogP contribution in [0.1, 0.15) is 55.2 Å². The van der Waals surface area contributed by atoms with Gasteiger partial charge in [0, 0.05) is 6.04 Å². The van der Waals surface area contributed by atoms with Crippen LogP contribution in [0.2, 0.25) is 0 Å². The summed E-state index contributed by atoms with van der Waals surface area (Å²) in [6.07, 6.45) is 5.61. The summed E-state index contributed by atoms with van der Waals surface area (Å²) >= 11 is 0. The number of carboxylic acid groups (broad SMARTS) is 1. The number of carboxylic acids is 1. The topological polar surface area (TPSA) is 49.3 Å². The second kappa shape index (κ2) is 4.73. The largest absolute Gasteiger partial charge is 0.480 e. The minimum atomic E-state index is -0.729. The summed E-state index contributed by atoms with van der Waals surface area (Å²) in [7, 11) is 0. The predicted molar refractivity (Wildman–Crippen MR) is 69.6 cm³/mol. The lowest BCUT2D eigenvalue weighted by molar-refractivity contribution is -0.139. The van der Waals surface area contributed by atoms with Crippen molar-refractivity contribution in [1.29, 1.82) is 0 Å². The van der Waals surface area contributed by atoms with E-state index in [0.29, 0.717) is 0 Å². The molecule has 2 unspecified atom stereocenters. The smallest absolute Gasteiger partial charge is 0.320 e. The molecule has 3 heteroatoms. The van der Waals surface area contributed by atoms with Gasteiger partial charge in [-0.05, 0) is 42.7 Å². The Morgan fingerprint density at radius 1 is 1.17 bits per heavy atom. The number of hydrogen-bond donors (Lipinski definition) is 2. The van der Waals surface area contributed by atoms with Gasteiger partial charge in [0.15, 0.2) is 0 Å². The van der Waals surface area contributed by atoms with E-state index in [0.717, 1.165) is 18.8 Å². The van der Waals surface area contributed by atoms with Crippen molar-refractivity contribution in [3.05, 3.63) is 35.4 Å². The maximum Gasteiger partial charge on any atom is 0.320 e. The highest BCUT2D eigenvalue weighted by Crippen LogP contribution is 2.37. The zero-order chi connectivity index (χ0) is 12.5. The number of rotatable bonds is 3. The summed E-state index contributed by atoms with van der Waals surface area (Å²) in [6.45, 7) is 0. The Hall–Kier alpha value is -1.35. The fourth-order valence-corrected chi connectivity index (χ4v) is 2.97. The standard InChI is InChI=1S/C15H19NO2/c17-15(18)14-8-7-13(16-14)12-6-2-5-11(9-12)10-3-1-4-10/h2,5-6,9-10,13-14,16H,1,3-4,7-8H2,(H,17,18). The van der Waals surface area contributed by atoms with E-state index < -0.39 is 5.97 Å². The number of carbonyl (C=O) groups is 1. The first-order chi connectivity index (χ1) is 8.74. The van der Waals surface area contributed by atoms with Crippen molar-refractivity contribution in [2.75, 3.05) is 0 Å². The molecular weight excluding hydrogens is 226 g/mol. The Labute approximate surface area is 107 Å². The molecule has 1 aromatic rings. The molecule has 3 rings (SSSR count). The van der Waals surface area contributed by atoms with Gasteiger partial charge in [0.1, 0.15) is 6.04 Å². The van der Waals surface area contributed by atoms with E-state index in [1.807, 2.05) is 0 Å². The molecule has 2 aliphatic rings. The Morgan fingerprint density at radius 3 is 2.56 bits per heavy atom. The minimum absolute atomic E-state index is 0.214. The maximum atomic E-state index is 10.9. The van der Waals surface area contributed by atoms with Gasteiger partial charge < -0.3 is 5.11 Å². The maximum absolute atomic E-state index is 10.9. The molecule has 0 bridgehead atoms. The monoisotopic (exact) mass is 245 g/mol. The van der Waals surface area contributed by atoms with Crippen LogP contribution in [-0.2, 0) is 4.79 Å². The van der Waals surface area contributed by atoms with E-state index >= 15 is 0 Å². The zero-order valence-corrected chi connectivity index (χ0v) is 10.4.